The van der Waals surface area contributed by atoms with Crippen molar-refractivity contribution in [1.82, 2.24) is 5.01 Å². The minimum Gasteiger partial charge on any atom is -0.454 e. The van der Waals surface area contributed by atoms with Gasteiger partial charge in [0.25, 0.3) is 5.91 Å². The lowest BCUT2D eigenvalue weighted by molar-refractivity contribution is -0.158. The number of carbonyl (C=O) groups is 2. The standard InChI is InChI=1S/C18H22N2O4/c1-4-18(5-2)16(21)12(3)10-20(17(18)22)19-9-13-6-7-14-15(8-13)24-11-23-14/h6-9,12H,4-5,10-11H2,1-3H3/b19-9-. The van der Waals surface area contributed by atoms with Gasteiger partial charge in [0.05, 0.1) is 12.8 Å². The molecule has 2 aliphatic heterocycles. The van der Waals surface area contributed by atoms with E-state index in [0.29, 0.717) is 30.9 Å². The van der Waals surface area contributed by atoms with Crippen molar-refractivity contribution in [2.24, 2.45) is 16.4 Å². The van der Waals surface area contributed by atoms with Crippen LogP contribution in [-0.2, 0) is 9.59 Å². The van der Waals surface area contributed by atoms with Crippen LogP contribution in [0, 0.1) is 11.3 Å². The summed E-state index contributed by atoms with van der Waals surface area (Å²) in [5.74, 6) is 0.997. The van der Waals surface area contributed by atoms with E-state index in [1.165, 1.54) is 5.01 Å². The number of benzene rings is 1. The summed E-state index contributed by atoms with van der Waals surface area (Å²) >= 11 is 0. The Morgan fingerprint density at radius 1 is 1.25 bits per heavy atom. The topological polar surface area (TPSA) is 68.2 Å². The zero-order chi connectivity index (χ0) is 17.3. The maximum atomic E-state index is 12.8. The van der Waals surface area contributed by atoms with E-state index in [-0.39, 0.29) is 24.4 Å². The number of hydrogen-bond donors (Lipinski definition) is 0. The molecule has 0 aliphatic carbocycles. The molecule has 128 valence electrons. The Balaban J connectivity index is 1.84. The van der Waals surface area contributed by atoms with Crippen molar-refractivity contribution in [2.75, 3.05) is 13.3 Å². The predicted molar refractivity (Wildman–Crippen MR) is 89.1 cm³/mol. The van der Waals surface area contributed by atoms with Crippen molar-refractivity contribution >= 4 is 17.9 Å². The highest BCUT2D eigenvalue weighted by molar-refractivity contribution is 6.09. The second-order valence-electron chi connectivity index (χ2n) is 6.30. The van der Waals surface area contributed by atoms with E-state index in [0.717, 1.165) is 5.56 Å². The number of hydrazone groups is 1. The zero-order valence-electron chi connectivity index (χ0n) is 14.2. The predicted octanol–water partition coefficient (Wildman–Crippen LogP) is 2.60. The first-order valence-corrected chi connectivity index (χ1v) is 8.31. The average molecular weight is 330 g/mol. The second-order valence-corrected chi connectivity index (χ2v) is 6.30. The molecular weight excluding hydrogens is 308 g/mol. The molecule has 0 spiro atoms. The maximum absolute atomic E-state index is 12.8. The SMILES string of the molecule is CCC1(CC)C(=O)C(C)CN(/N=C\c2ccc3c(c2)OCO3)C1=O. The van der Waals surface area contributed by atoms with Gasteiger partial charge >= 0.3 is 0 Å². The summed E-state index contributed by atoms with van der Waals surface area (Å²) in [4.78, 5) is 25.4. The molecule has 1 atom stereocenters. The third kappa shape index (κ3) is 2.56. The summed E-state index contributed by atoms with van der Waals surface area (Å²) in [6, 6.07) is 5.49. The van der Waals surface area contributed by atoms with Gasteiger partial charge in [0.2, 0.25) is 6.79 Å². The van der Waals surface area contributed by atoms with E-state index >= 15 is 0 Å². The van der Waals surface area contributed by atoms with Crippen molar-refractivity contribution in [3.8, 4) is 11.5 Å². The Morgan fingerprint density at radius 3 is 2.67 bits per heavy atom. The van der Waals surface area contributed by atoms with E-state index in [4.69, 9.17) is 9.47 Å². The minimum absolute atomic E-state index is 0.0343. The summed E-state index contributed by atoms with van der Waals surface area (Å²) in [7, 11) is 0. The molecule has 6 heteroatoms. The van der Waals surface area contributed by atoms with Gasteiger partial charge in [-0.1, -0.05) is 20.8 Å². The van der Waals surface area contributed by atoms with Crippen molar-refractivity contribution in [3.05, 3.63) is 23.8 Å². The second kappa shape index (κ2) is 6.26. The van der Waals surface area contributed by atoms with E-state index in [9.17, 15) is 9.59 Å². The Morgan fingerprint density at radius 2 is 1.96 bits per heavy atom. The molecule has 0 bridgehead atoms. The number of nitrogens with zero attached hydrogens (tertiary/aromatic N) is 2. The van der Waals surface area contributed by atoms with Crippen LogP contribution in [0.3, 0.4) is 0 Å². The molecule has 1 unspecified atom stereocenters. The Bertz CT molecular complexity index is 694. The summed E-state index contributed by atoms with van der Waals surface area (Å²) < 4.78 is 10.6. The maximum Gasteiger partial charge on any atom is 0.256 e. The van der Waals surface area contributed by atoms with Crippen LogP contribution in [0.15, 0.2) is 23.3 Å². The number of carbonyl (C=O) groups excluding carboxylic acids is 2. The summed E-state index contributed by atoms with van der Waals surface area (Å²) in [6.07, 6.45) is 2.63. The largest absolute Gasteiger partial charge is 0.454 e. The highest BCUT2D eigenvalue weighted by atomic mass is 16.7. The summed E-state index contributed by atoms with van der Waals surface area (Å²) in [5, 5.41) is 5.78. The van der Waals surface area contributed by atoms with E-state index in [1.54, 1.807) is 6.21 Å². The molecule has 24 heavy (non-hydrogen) atoms. The number of fused-ring (bicyclic) bond motifs is 1. The molecule has 2 heterocycles. The molecule has 0 N–H and O–H groups in total. The number of rotatable bonds is 4. The molecule has 1 aromatic rings. The quantitative estimate of drug-likeness (QED) is 0.628. The van der Waals surface area contributed by atoms with Crippen molar-refractivity contribution < 1.29 is 19.1 Å². The molecule has 1 amide bonds. The zero-order valence-corrected chi connectivity index (χ0v) is 14.2. The van der Waals surface area contributed by atoms with Crippen LogP contribution in [-0.4, -0.2) is 36.3 Å². The highest BCUT2D eigenvalue weighted by Crippen LogP contribution is 2.37. The molecule has 0 aromatic heterocycles. The van der Waals surface area contributed by atoms with Crippen LogP contribution in [0.2, 0.25) is 0 Å². The smallest absolute Gasteiger partial charge is 0.256 e. The van der Waals surface area contributed by atoms with Crippen LogP contribution >= 0.6 is 0 Å². The number of piperidine rings is 1. The molecule has 2 aliphatic rings. The lowest BCUT2D eigenvalue weighted by atomic mass is 9.71. The Kier molecular flexibility index (Phi) is 4.30. The highest BCUT2D eigenvalue weighted by Gasteiger charge is 2.50. The molecule has 6 nitrogen and oxygen atoms in total. The molecule has 1 fully saturated rings. The van der Waals surface area contributed by atoms with Crippen LogP contribution in [0.5, 0.6) is 11.5 Å². The Labute approximate surface area is 141 Å². The van der Waals surface area contributed by atoms with Crippen LogP contribution in [0.1, 0.15) is 39.2 Å². The molecule has 1 aromatic carbocycles. The average Bonchev–Trinajstić information content (AvgIpc) is 3.06. The van der Waals surface area contributed by atoms with E-state index in [1.807, 2.05) is 39.0 Å². The van der Waals surface area contributed by atoms with Gasteiger partial charge in [-0.3, -0.25) is 9.59 Å². The lowest BCUT2D eigenvalue weighted by Crippen LogP contribution is -2.55. The van der Waals surface area contributed by atoms with Crippen LogP contribution in [0.25, 0.3) is 0 Å². The van der Waals surface area contributed by atoms with Gasteiger partial charge in [0, 0.05) is 5.92 Å². The molecule has 3 rings (SSSR count). The molecular formula is C18H22N2O4. The summed E-state index contributed by atoms with van der Waals surface area (Å²) in [5.41, 5.74) is -0.126. The summed E-state index contributed by atoms with van der Waals surface area (Å²) in [6.45, 7) is 6.17. The molecule has 0 saturated carbocycles. The first-order chi connectivity index (χ1) is 11.5. The van der Waals surface area contributed by atoms with E-state index < -0.39 is 5.41 Å². The van der Waals surface area contributed by atoms with Gasteiger partial charge in [0.1, 0.15) is 5.41 Å². The van der Waals surface area contributed by atoms with Crippen molar-refractivity contribution in [1.29, 1.82) is 0 Å². The number of ketones is 1. The van der Waals surface area contributed by atoms with Crippen LogP contribution in [0.4, 0.5) is 0 Å². The van der Waals surface area contributed by atoms with E-state index in [2.05, 4.69) is 5.10 Å². The lowest BCUT2D eigenvalue weighted by Gasteiger charge is -2.40. The first kappa shape index (κ1) is 16.5. The number of amides is 1. The third-order valence-corrected chi connectivity index (χ3v) is 4.96. The Hall–Kier alpha value is -2.37. The van der Waals surface area contributed by atoms with Gasteiger partial charge in [0.15, 0.2) is 17.3 Å². The normalized spacial score (nSPS) is 22.5. The minimum atomic E-state index is -0.941. The van der Waals surface area contributed by atoms with Crippen LogP contribution < -0.4 is 9.47 Å². The monoisotopic (exact) mass is 330 g/mol. The molecule has 1 saturated heterocycles. The van der Waals surface area contributed by atoms with Gasteiger partial charge in [-0.2, -0.15) is 5.10 Å². The van der Waals surface area contributed by atoms with Gasteiger partial charge in [-0.05, 0) is 36.6 Å². The first-order valence-electron chi connectivity index (χ1n) is 8.31. The van der Waals surface area contributed by atoms with Gasteiger partial charge < -0.3 is 9.47 Å². The fraction of sp³-hybridized carbons (Fsp3) is 0.500. The van der Waals surface area contributed by atoms with Gasteiger partial charge in [-0.25, -0.2) is 5.01 Å². The molecule has 0 radical (unpaired) electrons. The fourth-order valence-electron chi connectivity index (χ4n) is 3.38. The van der Waals surface area contributed by atoms with Gasteiger partial charge in [-0.15, -0.1) is 0 Å². The van der Waals surface area contributed by atoms with Crippen molar-refractivity contribution in [2.45, 2.75) is 33.6 Å². The van der Waals surface area contributed by atoms with Crippen molar-refractivity contribution in [3.63, 3.8) is 0 Å². The number of hydrogen-bond acceptors (Lipinski definition) is 5. The third-order valence-electron chi connectivity index (χ3n) is 4.96. The number of Topliss-reactive ketones (excluding diaryl/α,β-unsaturated/α-hetero) is 1. The number of ether oxygens (including phenoxy) is 2. The fourth-order valence-corrected chi connectivity index (χ4v) is 3.38.